The standard InChI is InChI=1S/C29H36F3NO2/c1-4-5-21-7-9-23(10-8-21)26(15-6-20(2)3)33-17-16-22(19-28(34)35)18-27(33)24-11-13-25(14-12-24)29(30,31)32/h4,7-14,20,22,26-27H,1,5-6,15-19H2,2-3H3,(H,34,35). The van der Waals surface area contributed by atoms with Crippen LogP contribution in [-0.2, 0) is 17.4 Å². The Morgan fingerprint density at radius 2 is 1.77 bits per heavy atom. The Kier molecular flexibility index (Phi) is 9.17. The molecule has 1 heterocycles. The van der Waals surface area contributed by atoms with Gasteiger partial charge >= 0.3 is 12.1 Å². The number of hydrogen-bond donors (Lipinski definition) is 1. The van der Waals surface area contributed by atoms with E-state index in [2.05, 4.69) is 49.6 Å². The van der Waals surface area contributed by atoms with Crippen LogP contribution >= 0.6 is 0 Å². The highest BCUT2D eigenvalue weighted by atomic mass is 19.4. The molecule has 1 aliphatic heterocycles. The number of piperidine rings is 1. The van der Waals surface area contributed by atoms with Gasteiger partial charge in [-0.25, -0.2) is 0 Å². The quantitative estimate of drug-likeness (QED) is 0.347. The van der Waals surface area contributed by atoms with Gasteiger partial charge in [0, 0.05) is 18.5 Å². The van der Waals surface area contributed by atoms with Crippen molar-refractivity contribution in [3.8, 4) is 0 Å². The number of benzene rings is 2. The van der Waals surface area contributed by atoms with E-state index in [0.717, 1.165) is 43.4 Å². The monoisotopic (exact) mass is 487 g/mol. The molecule has 0 aliphatic carbocycles. The molecular formula is C29H36F3NO2. The first kappa shape index (κ1) is 27.0. The maximum atomic E-state index is 13.2. The highest BCUT2D eigenvalue weighted by molar-refractivity contribution is 5.67. The van der Waals surface area contributed by atoms with Crippen molar-refractivity contribution < 1.29 is 23.1 Å². The van der Waals surface area contributed by atoms with Crippen molar-refractivity contribution in [1.29, 1.82) is 0 Å². The molecule has 0 spiro atoms. The number of halogens is 3. The second kappa shape index (κ2) is 11.9. The molecule has 0 amide bonds. The van der Waals surface area contributed by atoms with Crippen LogP contribution in [0.2, 0.25) is 0 Å². The second-order valence-corrected chi connectivity index (χ2v) is 10.1. The summed E-state index contributed by atoms with van der Waals surface area (Å²) in [6.07, 6.45) is 1.69. The summed E-state index contributed by atoms with van der Waals surface area (Å²) in [4.78, 5) is 13.8. The molecule has 35 heavy (non-hydrogen) atoms. The third kappa shape index (κ3) is 7.44. The smallest absolute Gasteiger partial charge is 0.416 e. The van der Waals surface area contributed by atoms with Gasteiger partial charge < -0.3 is 5.11 Å². The molecule has 0 bridgehead atoms. The fourth-order valence-electron chi connectivity index (χ4n) is 5.14. The predicted molar refractivity (Wildman–Crippen MR) is 133 cm³/mol. The number of aliphatic carboxylic acids is 1. The summed E-state index contributed by atoms with van der Waals surface area (Å²) in [6.45, 7) is 8.90. The van der Waals surface area contributed by atoms with Crippen LogP contribution in [0.3, 0.4) is 0 Å². The minimum atomic E-state index is -4.39. The van der Waals surface area contributed by atoms with Crippen LogP contribution in [0.25, 0.3) is 0 Å². The molecular weight excluding hydrogens is 451 g/mol. The summed E-state index contributed by atoms with van der Waals surface area (Å²) in [7, 11) is 0. The fourth-order valence-corrected chi connectivity index (χ4v) is 5.14. The van der Waals surface area contributed by atoms with Crippen LogP contribution in [0.5, 0.6) is 0 Å². The first-order valence-corrected chi connectivity index (χ1v) is 12.4. The molecule has 3 rings (SSSR count). The van der Waals surface area contributed by atoms with Gasteiger partial charge in [0.1, 0.15) is 0 Å². The number of allylic oxidation sites excluding steroid dienone is 1. The van der Waals surface area contributed by atoms with E-state index in [0.29, 0.717) is 18.9 Å². The molecule has 3 atom stereocenters. The Hall–Kier alpha value is -2.60. The van der Waals surface area contributed by atoms with E-state index < -0.39 is 17.7 Å². The van der Waals surface area contributed by atoms with E-state index in [1.165, 1.54) is 11.1 Å². The average molecular weight is 488 g/mol. The molecule has 2 aromatic carbocycles. The van der Waals surface area contributed by atoms with Crippen molar-refractivity contribution in [3.05, 3.63) is 83.4 Å². The minimum absolute atomic E-state index is 0.00300. The van der Waals surface area contributed by atoms with E-state index >= 15 is 0 Å². The molecule has 2 aromatic rings. The topological polar surface area (TPSA) is 40.5 Å². The van der Waals surface area contributed by atoms with Gasteiger partial charge in [-0.3, -0.25) is 9.69 Å². The zero-order chi connectivity index (χ0) is 25.6. The number of nitrogens with zero attached hydrogens (tertiary/aromatic N) is 1. The number of hydrogen-bond acceptors (Lipinski definition) is 2. The summed E-state index contributed by atoms with van der Waals surface area (Å²) in [5.41, 5.74) is 2.52. The molecule has 190 valence electrons. The number of carbonyl (C=O) groups is 1. The lowest BCUT2D eigenvalue weighted by atomic mass is 9.82. The van der Waals surface area contributed by atoms with Crippen LogP contribution in [0.15, 0.2) is 61.2 Å². The molecule has 0 radical (unpaired) electrons. The van der Waals surface area contributed by atoms with Gasteiger partial charge in [0.05, 0.1) is 5.56 Å². The SMILES string of the molecule is C=CCc1ccc(C(CCC(C)C)N2CCC(CC(=O)O)CC2c2ccc(C(F)(F)F)cc2)cc1. The average Bonchev–Trinajstić information content (AvgIpc) is 2.80. The number of carboxylic acid groups (broad SMARTS) is 1. The van der Waals surface area contributed by atoms with Crippen LogP contribution in [0, 0.1) is 11.8 Å². The van der Waals surface area contributed by atoms with Gasteiger partial charge in [-0.2, -0.15) is 13.2 Å². The van der Waals surface area contributed by atoms with Crippen molar-refractivity contribution >= 4 is 5.97 Å². The number of likely N-dealkylation sites (tertiary alicyclic amines) is 1. The van der Waals surface area contributed by atoms with Gasteiger partial charge in [0.2, 0.25) is 0 Å². The molecule has 1 fully saturated rings. The Morgan fingerprint density at radius 3 is 2.31 bits per heavy atom. The van der Waals surface area contributed by atoms with Gasteiger partial charge in [-0.05, 0) is 79.3 Å². The highest BCUT2D eigenvalue weighted by Gasteiger charge is 2.36. The second-order valence-electron chi connectivity index (χ2n) is 10.1. The van der Waals surface area contributed by atoms with Crippen LogP contribution in [0.1, 0.15) is 80.3 Å². The third-order valence-electron chi connectivity index (χ3n) is 7.00. The molecule has 3 unspecified atom stereocenters. The Labute approximate surface area is 206 Å². The maximum Gasteiger partial charge on any atom is 0.416 e. The normalized spacial score (nSPS) is 20.1. The summed E-state index contributed by atoms with van der Waals surface area (Å²) in [5, 5.41) is 9.37. The van der Waals surface area contributed by atoms with Crippen molar-refractivity contribution in [2.45, 2.75) is 70.6 Å². The number of alkyl halides is 3. The molecule has 0 aromatic heterocycles. The lowest BCUT2D eigenvalue weighted by molar-refractivity contribution is -0.139. The van der Waals surface area contributed by atoms with Crippen molar-refractivity contribution in [2.75, 3.05) is 6.54 Å². The van der Waals surface area contributed by atoms with E-state index in [1.807, 2.05) is 6.08 Å². The van der Waals surface area contributed by atoms with Crippen LogP contribution in [-0.4, -0.2) is 22.5 Å². The van der Waals surface area contributed by atoms with E-state index in [4.69, 9.17) is 0 Å². The van der Waals surface area contributed by atoms with Gasteiger partial charge in [0.25, 0.3) is 0 Å². The zero-order valence-electron chi connectivity index (χ0n) is 20.6. The summed E-state index contributed by atoms with van der Waals surface area (Å²) < 4.78 is 39.5. The Morgan fingerprint density at radius 1 is 1.11 bits per heavy atom. The molecule has 1 N–H and O–H groups in total. The Bertz CT molecular complexity index is 967. The maximum absolute atomic E-state index is 13.2. The van der Waals surface area contributed by atoms with E-state index in [9.17, 15) is 23.1 Å². The summed E-state index contributed by atoms with van der Waals surface area (Å²) in [5.74, 6) is -0.313. The lowest BCUT2D eigenvalue weighted by Gasteiger charge is -2.44. The number of carboxylic acids is 1. The van der Waals surface area contributed by atoms with Crippen molar-refractivity contribution in [1.82, 2.24) is 4.90 Å². The summed E-state index contributed by atoms with van der Waals surface area (Å²) >= 11 is 0. The zero-order valence-corrected chi connectivity index (χ0v) is 20.6. The van der Waals surface area contributed by atoms with Crippen molar-refractivity contribution in [2.24, 2.45) is 11.8 Å². The highest BCUT2D eigenvalue weighted by Crippen LogP contribution is 2.43. The van der Waals surface area contributed by atoms with E-state index in [-0.39, 0.29) is 24.4 Å². The van der Waals surface area contributed by atoms with E-state index in [1.54, 1.807) is 12.1 Å². The third-order valence-corrected chi connectivity index (χ3v) is 7.00. The predicted octanol–water partition coefficient (Wildman–Crippen LogP) is 7.84. The molecule has 1 saturated heterocycles. The minimum Gasteiger partial charge on any atom is -0.481 e. The van der Waals surface area contributed by atoms with Crippen LogP contribution < -0.4 is 0 Å². The lowest BCUT2D eigenvalue weighted by Crippen LogP contribution is -2.40. The molecule has 6 heteroatoms. The molecule has 1 aliphatic rings. The Balaban J connectivity index is 1.97. The van der Waals surface area contributed by atoms with Crippen molar-refractivity contribution in [3.63, 3.8) is 0 Å². The number of rotatable bonds is 10. The molecule has 3 nitrogen and oxygen atoms in total. The van der Waals surface area contributed by atoms with Gasteiger partial charge in [0.15, 0.2) is 0 Å². The first-order chi connectivity index (χ1) is 16.6. The summed E-state index contributed by atoms with van der Waals surface area (Å²) in [6, 6.07) is 13.9. The fraction of sp³-hybridized carbons (Fsp3) is 0.483. The molecule has 0 saturated carbocycles. The van der Waals surface area contributed by atoms with Gasteiger partial charge in [-0.1, -0.05) is 56.3 Å². The van der Waals surface area contributed by atoms with Crippen LogP contribution in [0.4, 0.5) is 13.2 Å². The van der Waals surface area contributed by atoms with Gasteiger partial charge in [-0.15, -0.1) is 6.58 Å². The largest absolute Gasteiger partial charge is 0.481 e. The first-order valence-electron chi connectivity index (χ1n) is 12.4.